The number of benzene rings is 1. The second kappa shape index (κ2) is 3.53. The predicted molar refractivity (Wildman–Crippen MR) is 44.0 cm³/mol. The number of rotatable bonds is 2. The summed E-state index contributed by atoms with van der Waals surface area (Å²) in [6, 6.07) is 3.27. The molecule has 70 valence electrons. The number of hydrogen-bond acceptors (Lipinski definition) is 2. The fourth-order valence-corrected chi connectivity index (χ4v) is 0.977. The molecule has 0 radical (unpaired) electrons. The number of carboxylic acid groups (broad SMARTS) is 1. The zero-order chi connectivity index (χ0) is 10.0. The summed E-state index contributed by atoms with van der Waals surface area (Å²) in [5.41, 5.74) is 0.105. The molecule has 0 fully saturated rings. The molecular formula is C9H9FO3. The quantitative estimate of drug-likeness (QED) is 0.733. The standard InChI is InChI=1S/C9H9FO3/c1-5(11)6-2-7(9(12)13)4-8(10)3-6/h2-5,11H,1H3,(H,12,13). The summed E-state index contributed by atoms with van der Waals surface area (Å²) in [6.07, 6.45) is -0.867. The lowest BCUT2D eigenvalue weighted by Crippen LogP contribution is -2.00. The molecule has 0 aliphatic rings. The Morgan fingerprint density at radius 1 is 1.46 bits per heavy atom. The van der Waals surface area contributed by atoms with E-state index in [1.54, 1.807) is 0 Å². The van der Waals surface area contributed by atoms with E-state index in [0.29, 0.717) is 0 Å². The van der Waals surface area contributed by atoms with E-state index in [0.717, 1.165) is 12.1 Å². The van der Waals surface area contributed by atoms with Gasteiger partial charge in [0.25, 0.3) is 0 Å². The molecule has 2 N–H and O–H groups in total. The fraction of sp³-hybridized carbons (Fsp3) is 0.222. The van der Waals surface area contributed by atoms with Crippen molar-refractivity contribution in [2.45, 2.75) is 13.0 Å². The second-order valence-corrected chi connectivity index (χ2v) is 2.75. The van der Waals surface area contributed by atoms with Crippen molar-refractivity contribution in [3.63, 3.8) is 0 Å². The molecule has 1 aromatic carbocycles. The summed E-state index contributed by atoms with van der Waals surface area (Å²) < 4.78 is 12.8. The van der Waals surface area contributed by atoms with Gasteiger partial charge in [-0.05, 0) is 30.7 Å². The maximum atomic E-state index is 12.8. The second-order valence-electron chi connectivity index (χ2n) is 2.75. The Bertz CT molecular complexity index is 334. The first-order valence-electron chi connectivity index (χ1n) is 3.72. The zero-order valence-corrected chi connectivity index (χ0v) is 6.99. The SMILES string of the molecule is CC(O)c1cc(F)cc(C(=O)O)c1. The third kappa shape index (κ3) is 2.26. The lowest BCUT2D eigenvalue weighted by Gasteiger charge is -2.05. The molecule has 0 heterocycles. The Balaban J connectivity index is 3.19. The van der Waals surface area contributed by atoms with Gasteiger partial charge in [-0.25, -0.2) is 9.18 Å². The molecule has 1 unspecified atom stereocenters. The molecule has 0 spiro atoms. The predicted octanol–water partition coefficient (Wildman–Crippen LogP) is 1.58. The zero-order valence-electron chi connectivity index (χ0n) is 6.99. The van der Waals surface area contributed by atoms with E-state index in [9.17, 15) is 9.18 Å². The van der Waals surface area contributed by atoms with Gasteiger partial charge in [-0.15, -0.1) is 0 Å². The molecule has 0 aromatic heterocycles. The normalized spacial score (nSPS) is 12.5. The van der Waals surface area contributed by atoms with Gasteiger partial charge in [-0.1, -0.05) is 0 Å². The lowest BCUT2D eigenvalue weighted by molar-refractivity contribution is 0.0696. The van der Waals surface area contributed by atoms with Crippen LogP contribution >= 0.6 is 0 Å². The van der Waals surface area contributed by atoms with E-state index >= 15 is 0 Å². The third-order valence-electron chi connectivity index (χ3n) is 1.65. The van der Waals surface area contributed by atoms with Crippen molar-refractivity contribution in [2.75, 3.05) is 0 Å². The average Bonchev–Trinajstić information content (AvgIpc) is 2.03. The maximum absolute atomic E-state index is 12.8. The minimum atomic E-state index is -1.21. The molecule has 1 aromatic rings. The van der Waals surface area contributed by atoms with Gasteiger partial charge >= 0.3 is 5.97 Å². The number of aliphatic hydroxyl groups is 1. The molecule has 0 saturated carbocycles. The number of aromatic carboxylic acids is 1. The lowest BCUT2D eigenvalue weighted by atomic mass is 10.1. The maximum Gasteiger partial charge on any atom is 0.335 e. The van der Waals surface area contributed by atoms with Crippen molar-refractivity contribution in [2.24, 2.45) is 0 Å². The van der Waals surface area contributed by atoms with E-state index in [1.165, 1.54) is 13.0 Å². The van der Waals surface area contributed by atoms with Crippen LogP contribution in [0.25, 0.3) is 0 Å². The van der Waals surface area contributed by atoms with Crippen LogP contribution in [-0.2, 0) is 0 Å². The van der Waals surface area contributed by atoms with Crippen LogP contribution in [0.4, 0.5) is 4.39 Å². The van der Waals surface area contributed by atoms with Gasteiger partial charge in [0.2, 0.25) is 0 Å². The number of aliphatic hydroxyl groups excluding tert-OH is 1. The number of hydrogen-bond donors (Lipinski definition) is 2. The molecule has 13 heavy (non-hydrogen) atoms. The van der Waals surface area contributed by atoms with Gasteiger partial charge in [0, 0.05) is 0 Å². The Morgan fingerprint density at radius 3 is 2.54 bits per heavy atom. The van der Waals surface area contributed by atoms with Crippen LogP contribution in [0.15, 0.2) is 18.2 Å². The number of carboxylic acids is 1. The first-order valence-corrected chi connectivity index (χ1v) is 3.72. The van der Waals surface area contributed by atoms with Crippen molar-refractivity contribution in [1.82, 2.24) is 0 Å². The van der Waals surface area contributed by atoms with Crippen LogP contribution in [0.5, 0.6) is 0 Å². The number of halogens is 1. The van der Waals surface area contributed by atoms with Crippen molar-refractivity contribution in [1.29, 1.82) is 0 Å². The van der Waals surface area contributed by atoms with Crippen LogP contribution in [-0.4, -0.2) is 16.2 Å². The van der Waals surface area contributed by atoms with E-state index in [2.05, 4.69) is 0 Å². The van der Waals surface area contributed by atoms with Crippen molar-refractivity contribution < 1.29 is 19.4 Å². The number of carbonyl (C=O) groups is 1. The summed E-state index contributed by atoms with van der Waals surface area (Å²) in [7, 11) is 0. The first kappa shape index (κ1) is 9.67. The van der Waals surface area contributed by atoms with Gasteiger partial charge in [0.05, 0.1) is 11.7 Å². The van der Waals surface area contributed by atoms with Crippen molar-refractivity contribution in [3.8, 4) is 0 Å². The highest BCUT2D eigenvalue weighted by Gasteiger charge is 2.09. The largest absolute Gasteiger partial charge is 0.478 e. The Kier molecular flexibility index (Phi) is 2.63. The van der Waals surface area contributed by atoms with Crippen LogP contribution in [0, 0.1) is 5.82 Å². The minimum absolute atomic E-state index is 0.157. The van der Waals surface area contributed by atoms with Gasteiger partial charge in [-0.2, -0.15) is 0 Å². The van der Waals surface area contributed by atoms with Gasteiger partial charge in [0.1, 0.15) is 5.82 Å². The molecule has 0 aliphatic carbocycles. The van der Waals surface area contributed by atoms with E-state index in [1.807, 2.05) is 0 Å². The summed E-state index contributed by atoms with van der Waals surface area (Å²) in [4.78, 5) is 10.5. The van der Waals surface area contributed by atoms with E-state index in [4.69, 9.17) is 10.2 Å². The van der Waals surface area contributed by atoms with Crippen LogP contribution in [0.1, 0.15) is 28.9 Å². The Hall–Kier alpha value is -1.42. The van der Waals surface area contributed by atoms with Crippen LogP contribution in [0.2, 0.25) is 0 Å². The highest BCUT2D eigenvalue weighted by Crippen LogP contribution is 2.16. The summed E-state index contributed by atoms with van der Waals surface area (Å²) in [5.74, 6) is -1.86. The smallest absolute Gasteiger partial charge is 0.335 e. The molecule has 0 amide bonds. The van der Waals surface area contributed by atoms with Gasteiger partial charge in [-0.3, -0.25) is 0 Å². The molecule has 1 atom stereocenters. The van der Waals surface area contributed by atoms with Gasteiger partial charge < -0.3 is 10.2 Å². The monoisotopic (exact) mass is 184 g/mol. The third-order valence-corrected chi connectivity index (χ3v) is 1.65. The molecular weight excluding hydrogens is 175 g/mol. The molecule has 1 rings (SSSR count). The Morgan fingerprint density at radius 2 is 2.08 bits per heavy atom. The highest BCUT2D eigenvalue weighted by molar-refractivity contribution is 5.87. The van der Waals surface area contributed by atoms with Crippen LogP contribution in [0.3, 0.4) is 0 Å². The van der Waals surface area contributed by atoms with Gasteiger partial charge in [0.15, 0.2) is 0 Å². The summed E-state index contributed by atoms with van der Waals surface area (Å²) in [5, 5.41) is 17.7. The summed E-state index contributed by atoms with van der Waals surface area (Å²) in [6.45, 7) is 1.44. The molecule has 4 heteroatoms. The topological polar surface area (TPSA) is 57.5 Å². The molecule has 0 saturated heterocycles. The van der Waals surface area contributed by atoms with E-state index < -0.39 is 17.9 Å². The molecule has 3 nitrogen and oxygen atoms in total. The van der Waals surface area contributed by atoms with Crippen molar-refractivity contribution >= 4 is 5.97 Å². The van der Waals surface area contributed by atoms with Crippen molar-refractivity contribution in [3.05, 3.63) is 35.1 Å². The Labute approximate surface area is 74.4 Å². The minimum Gasteiger partial charge on any atom is -0.478 e. The molecule has 0 bridgehead atoms. The van der Waals surface area contributed by atoms with E-state index in [-0.39, 0.29) is 11.1 Å². The fourth-order valence-electron chi connectivity index (χ4n) is 0.977. The molecule has 0 aliphatic heterocycles. The average molecular weight is 184 g/mol. The van der Waals surface area contributed by atoms with Crippen LogP contribution < -0.4 is 0 Å². The summed E-state index contributed by atoms with van der Waals surface area (Å²) >= 11 is 0. The first-order chi connectivity index (χ1) is 6.00. The highest BCUT2D eigenvalue weighted by atomic mass is 19.1.